The van der Waals surface area contributed by atoms with Crippen molar-refractivity contribution in [2.75, 3.05) is 50.7 Å². The Hall–Kier alpha value is -2.35. The molecule has 2 heterocycles. The first-order valence-electron chi connectivity index (χ1n) is 8.72. The zero-order valence-electron chi connectivity index (χ0n) is 14.2. The number of nitrogens with zero attached hydrogens (tertiary/aromatic N) is 4. The van der Waals surface area contributed by atoms with Gasteiger partial charge in [0, 0.05) is 63.6 Å². The number of hydrogen-bond donors (Lipinski definition) is 1. The van der Waals surface area contributed by atoms with Gasteiger partial charge in [-0.15, -0.1) is 0 Å². The molecular weight excluding hydrogens is 324 g/mol. The molecule has 136 valence electrons. The lowest BCUT2D eigenvalue weighted by Crippen LogP contribution is -2.50. The predicted octanol–water partition coefficient (Wildman–Crippen LogP) is 2.11. The van der Waals surface area contributed by atoms with Crippen molar-refractivity contribution in [1.29, 1.82) is 0 Å². The minimum atomic E-state index is -0.823. The van der Waals surface area contributed by atoms with Gasteiger partial charge in [0.2, 0.25) is 0 Å². The maximum absolute atomic E-state index is 10.9. The van der Waals surface area contributed by atoms with Crippen LogP contribution in [-0.2, 0) is 0 Å². The Kier molecular flexibility index (Phi) is 5.37. The lowest BCUT2D eigenvalue weighted by atomic mass is 9.95. The van der Waals surface area contributed by atoms with Crippen LogP contribution in [0.1, 0.15) is 12.8 Å². The Morgan fingerprint density at radius 2 is 1.68 bits per heavy atom. The summed E-state index contributed by atoms with van der Waals surface area (Å²) in [5, 5.41) is 19.7. The van der Waals surface area contributed by atoms with Crippen LogP contribution in [0.2, 0.25) is 0 Å². The number of amides is 1. The molecule has 2 aliphatic heterocycles. The second-order valence-electron chi connectivity index (χ2n) is 6.77. The molecular formula is C17H24N4O4. The van der Waals surface area contributed by atoms with Crippen molar-refractivity contribution in [2.45, 2.75) is 12.8 Å². The molecule has 25 heavy (non-hydrogen) atoms. The number of hydrogen-bond acceptors (Lipinski definition) is 5. The van der Waals surface area contributed by atoms with E-state index >= 15 is 0 Å². The third-order valence-corrected chi connectivity index (χ3v) is 5.20. The Morgan fingerprint density at radius 3 is 2.20 bits per heavy atom. The van der Waals surface area contributed by atoms with Crippen LogP contribution in [0.25, 0.3) is 0 Å². The van der Waals surface area contributed by atoms with E-state index in [2.05, 4.69) is 9.80 Å². The van der Waals surface area contributed by atoms with Gasteiger partial charge in [0.15, 0.2) is 0 Å². The Labute approximate surface area is 146 Å². The number of rotatable bonds is 4. The van der Waals surface area contributed by atoms with Gasteiger partial charge in [0.05, 0.1) is 4.92 Å². The molecule has 2 saturated heterocycles. The topological polar surface area (TPSA) is 90.2 Å². The number of carboxylic acid groups (broad SMARTS) is 1. The van der Waals surface area contributed by atoms with Gasteiger partial charge in [0.1, 0.15) is 0 Å². The number of carbonyl (C=O) groups is 1. The molecule has 1 amide bonds. The van der Waals surface area contributed by atoms with Crippen molar-refractivity contribution in [3.8, 4) is 0 Å². The molecule has 2 aliphatic rings. The van der Waals surface area contributed by atoms with Crippen molar-refractivity contribution in [3.05, 3.63) is 34.4 Å². The van der Waals surface area contributed by atoms with Gasteiger partial charge in [-0.3, -0.25) is 15.0 Å². The highest BCUT2D eigenvalue weighted by molar-refractivity contribution is 5.65. The highest BCUT2D eigenvalue weighted by Crippen LogP contribution is 2.26. The van der Waals surface area contributed by atoms with E-state index in [0.717, 1.165) is 51.3 Å². The fourth-order valence-corrected chi connectivity index (χ4v) is 3.65. The van der Waals surface area contributed by atoms with Crippen LogP contribution in [0.15, 0.2) is 24.3 Å². The van der Waals surface area contributed by atoms with Gasteiger partial charge < -0.3 is 14.9 Å². The first-order chi connectivity index (χ1) is 12.0. The summed E-state index contributed by atoms with van der Waals surface area (Å²) in [7, 11) is 0. The van der Waals surface area contributed by atoms with Gasteiger partial charge in [-0.05, 0) is 30.9 Å². The third kappa shape index (κ3) is 4.39. The van der Waals surface area contributed by atoms with Crippen LogP contribution in [0.3, 0.4) is 0 Å². The molecule has 0 aliphatic carbocycles. The molecule has 0 aromatic heterocycles. The summed E-state index contributed by atoms with van der Waals surface area (Å²) in [5.41, 5.74) is 1.17. The Bertz CT molecular complexity index is 606. The molecule has 0 spiro atoms. The van der Waals surface area contributed by atoms with Crippen molar-refractivity contribution in [3.63, 3.8) is 0 Å². The molecule has 1 aromatic carbocycles. The fraction of sp³-hybridized carbons (Fsp3) is 0.588. The fourth-order valence-electron chi connectivity index (χ4n) is 3.65. The number of nitro benzene ring substituents is 1. The first kappa shape index (κ1) is 17.5. The molecule has 1 N–H and O–H groups in total. The first-order valence-corrected chi connectivity index (χ1v) is 8.72. The zero-order valence-corrected chi connectivity index (χ0v) is 14.2. The molecule has 0 radical (unpaired) electrons. The largest absolute Gasteiger partial charge is 0.465 e. The highest BCUT2D eigenvalue weighted by Gasteiger charge is 2.25. The van der Waals surface area contributed by atoms with Crippen molar-refractivity contribution in [2.24, 2.45) is 5.92 Å². The lowest BCUT2D eigenvalue weighted by Gasteiger charge is -2.38. The molecule has 0 bridgehead atoms. The summed E-state index contributed by atoms with van der Waals surface area (Å²) in [6.45, 7) is 5.76. The van der Waals surface area contributed by atoms with Crippen LogP contribution >= 0.6 is 0 Å². The minimum Gasteiger partial charge on any atom is -0.465 e. The van der Waals surface area contributed by atoms with Gasteiger partial charge in [-0.1, -0.05) is 0 Å². The predicted molar refractivity (Wildman–Crippen MR) is 94.1 cm³/mol. The van der Waals surface area contributed by atoms with Gasteiger partial charge in [0.25, 0.3) is 5.69 Å². The van der Waals surface area contributed by atoms with E-state index in [1.165, 1.54) is 4.90 Å². The molecule has 2 fully saturated rings. The standard InChI is InChI=1S/C17H24N4O4/c22-17(23)20-11-9-18(10-12-20)13-14-5-7-19(8-6-14)15-1-3-16(4-2-15)21(24)25/h1-4,14H,5-13H2,(H,22,23). The SMILES string of the molecule is O=C(O)N1CCN(CC2CCN(c3ccc([N+](=O)[O-])cc3)CC2)CC1. The Morgan fingerprint density at radius 1 is 1.08 bits per heavy atom. The quantitative estimate of drug-likeness (QED) is 0.662. The molecule has 0 saturated carbocycles. The second kappa shape index (κ2) is 7.69. The number of piperidine rings is 1. The number of piperazine rings is 1. The maximum Gasteiger partial charge on any atom is 0.407 e. The van der Waals surface area contributed by atoms with Crippen LogP contribution < -0.4 is 4.90 Å². The van der Waals surface area contributed by atoms with Crippen molar-refractivity contribution in [1.82, 2.24) is 9.80 Å². The Balaban J connectivity index is 1.44. The van der Waals surface area contributed by atoms with Crippen LogP contribution in [0.5, 0.6) is 0 Å². The molecule has 8 heteroatoms. The summed E-state index contributed by atoms with van der Waals surface area (Å²) >= 11 is 0. The van der Waals surface area contributed by atoms with Crippen LogP contribution in [0.4, 0.5) is 16.2 Å². The van der Waals surface area contributed by atoms with E-state index in [1.54, 1.807) is 12.1 Å². The van der Waals surface area contributed by atoms with E-state index in [1.807, 2.05) is 12.1 Å². The summed E-state index contributed by atoms with van der Waals surface area (Å²) < 4.78 is 0. The molecule has 3 rings (SSSR count). The van der Waals surface area contributed by atoms with Gasteiger partial charge in [-0.2, -0.15) is 0 Å². The van der Waals surface area contributed by atoms with E-state index in [4.69, 9.17) is 5.11 Å². The summed E-state index contributed by atoms with van der Waals surface area (Å²) in [6.07, 6.45) is 1.36. The normalized spacial score (nSPS) is 19.8. The minimum absolute atomic E-state index is 0.124. The van der Waals surface area contributed by atoms with Crippen molar-refractivity contribution < 1.29 is 14.8 Å². The summed E-state index contributed by atoms with van der Waals surface area (Å²) in [6, 6.07) is 6.76. The van der Waals surface area contributed by atoms with E-state index < -0.39 is 6.09 Å². The third-order valence-electron chi connectivity index (χ3n) is 5.20. The number of anilines is 1. The maximum atomic E-state index is 10.9. The molecule has 0 unspecified atom stereocenters. The van der Waals surface area contributed by atoms with Crippen LogP contribution in [-0.4, -0.2) is 71.7 Å². The van der Waals surface area contributed by atoms with Gasteiger partial charge >= 0.3 is 6.09 Å². The lowest BCUT2D eigenvalue weighted by molar-refractivity contribution is -0.384. The number of non-ortho nitro benzene ring substituents is 1. The second-order valence-corrected chi connectivity index (χ2v) is 6.77. The molecule has 8 nitrogen and oxygen atoms in total. The number of nitro groups is 1. The smallest absolute Gasteiger partial charge is 0.407 e. The van der Waals surface area contributed by atoms with E-state index in [-0.39, 0.29) is 10.6 Å². The number of benzene rings is 1. The summed E-state index contributed by atoms with van der Waals surface area (Å²) in [5.74, 6) is 0.630. The average molecular weight is 348 g/mol. The highest BCUT2D eigenvalue weighted by atomic mass is 16.6. The van der Waals surface area contributed by atoms with Crippen LogP contribution in [0, 0.1) is 16.0 Å². The zero-order chi connectivity index (χ0) is 17.8. The van der Waals surface area contributed by atoms with Crippen molar-refractivity contribution >= 4 is 17.5 Å². The van der Waals surface area contributed by atoms with Gasteiger partial charge in [-0.25, -0.2) is 4.79 Å². The van der Waals surface area contributed by atoms with E-state index in [9.17, 15) is 14.9 Å². The molecule has 0 atom stereocenters. The monoisotopic (exact) mass is 348 g/mol. The molecule has 1 aromatic rings. The average Bonchev–Trinajstić information content (AvgIpc) is 2.63. The summed E-state index contributed by atoms with van der Waals surface area (Å²) in [4.78, 5) is 27.4. The van der Waals surface area contributed by atoms with E-state index in [0.29, 0.717) is 19.0 Å².